The smallest absolute Gasteiger partial charge is 0.0813 e. The molecule has 0 N–H and O–H groups in total. The Morgan fingerprint density at radius 3 is 1.48 bits per heavy atom. The Hall–Kier alpha value is -2.38. The third-order valence-electron chi connectivity index (χ3n) is 7.86. The van der Waals surface area contributed by atoms with Crippen molar-refractivity contribution in [3.8, 4) is 0 Å². The lowest BCUT2D eigenvalue weighted by Crippen LogP contribution is -2.04. The van der Waals surface area contributed by atoms with Gasteiger partial charge >= 0.3 is 0 Å². The first-order chi connectivity index (χ1) is 16.3. The van der Waals surface area contributed by atoms with Gasteiger partial charge in [-0.05, 0) is 90.2 Å². The summed E-state index contributed by atoms with van der Waals surface area (Å²) < 4.78 is 5.39. The highest BCUT2D eigenvalue weighted by Gasteiger charge is 2.24. The molecule has 1 aliphatic heterocycles. The Kier molecular flexibility index (Phi) is 6.08. The lowest BCUT2D eigenvalue weighted by molar-refractivity contribution is 0.397. The summed E-state index contributed by atoms with van der Waals surface area (Å²) >= 11 is 0. The lowest BCUT2D eigenvalue weighted by atomic mass is 9.83. The second kappa shape index (κ2) is 9.47. The number of aryl methyl sites for hydroxylation is 2. The molecule has 170 valence electrons. The predicted octanol–water partition coefficient (Wildman–Crippen LogP) is 7.49. The molecule has 3 aliphatic rings. The van der Waals surface area contributed by atoms with Gasteiger partial charge in [0.25, 0.3) is 0 Å². The summed E-state index contributed by atoms with van der Waals surface area (Å²) in [5.41, 5.74) is 8.60. The minimum atomic E-state index is 0.290. The minimum Gasteiger partial charge on any atom is -0.373 e. The molecular weight excluding hydrogens is 400 g/mol. The van der Waals surface area contributed by atoms with Gasteiger partial charge in [-0.15, -0.1) is 0 Å². The maximum Gasteiger partial charge on any atom is 0.0813 e. The van der Waals surface area contributed by atoms with Crippen molar-refractivity contribution in [3.05, 3.63) is 106 Å². The first-order valence-corrected chi connectivity index (χ1v) is 13.2. The van der Waals surface area contributed by atoms with Gasteiger partial charge in [0.1, 0.15) is 0 Å². The number of ether oxygens (including phenoxy) is 1. The van der Waals surface area contributed by atoms with Crippen molar-refractivity contribution in [1.29, 1.82) is 0 Å². The standard InChI is InChI=1S/C32H36O/c1-2-23(1)3-4-24-7-14-28(15-8-24)32(30-18-11-27(12-19-30)21-26-5-6-26)29-16-9-25(10-17-29)13-20-31-22-33-31/h7-12,14-19,23,26,31-32H,1-6,13,20-22H2. The van der Waals surface area contributed by atoms with E-state index in [4.69, 9.17) is 4.74 Å². The maximum atomic E-state index is 5.39. The van der Waals surface area contributed by atoms with E-state index in [9.17, 15) is 0 Å². The van der Waals surface area contributed by atoms with Crippen LogP contribution in [0.1, 0.15) is 77.8 Å². The number of epoxide rings is 1. The molecule has 1 saturated heterocycles. The number of benzene rings is 3. The van der Waals surface area contributed by atoms with Gasteiger partial charge in [0, 0.05) is 5.92 Å². The van der Waals surface area contributed by atoms with Crippen molar-refractivity contribution in [2.75, 3.05) is 6.61 Å². The molecule has 3 fully saturated rings. The Balaban J connectivity index is 1.24. The monoisotopic (exact) mass is 436 g/mol. The lowest BCUT2D eigenvalue weighted by Gasteiger charge is -2.20. The molecule has 2 unspecified atom stereocenters. The molecule has 3 aromatic carbocycles. The van der Waals surface area contributed by atoms with Crippen molar-refractivity contribution in [1.82, 2.24) is 0 Å². The van der Waals surface area contributed by atoms with Crippen molar-refractivity contribution >= 4 is 0 Å². The maximum absolute atomic E-state index is 5.39. The van der Waals surface area contributed by atoms with Gasteiger partial charge < -0.3 is 4.74 Å². The van der Waals surface area contributed by atoms with Crippen LogP contribution in [0.3, 0.4) is 0 Å². The molecule has 3 aromatic rings. The molecular formula is C32H36O. The van der Waals surface area contributed by atoms with E-state index in [0.29, 0.717) is 12.0 Å². The van der Waals surface area contributed by atoms with Gasteiger partial charge in [0.05, 0.1) is 12.7 Å². The van der Waals surface area contributed by atoms with Crippen LogP contribution in [-0.4, -0.2) is 12.7 Å². The van der Waals surface area contributed by atoms with Crippen LogP contribution >= 0.6 is 0 Å². The average molecular weight is 437 g/mol. The molecule has 2 atom stereocenters. The van der Waals surface area contributed by atoms with Crippen molar-refractivity contribution in [2.24, 2.45) is 11.8 Å². The fourth-order valence-electron chi connectivity index (χ4n) is 5.17. The second-order valence-electron chi connectivity index (χ2n) is 10.8. The molecule has 0 spiro atoms. The van der Waals surface area contributed by atoms with Gasteiger partial charge in [0.2, 0.25) is 0 Å². The van der Waals surface area contributed by atoms with E-state index in [1.54, 1.807) is 0 Å². The molecule has 0 bridgehead atoms. The van der Waals surface area contributed by atoms with Crippen LogP contribution < -0.4 is 0 Å². The van der Waals surface area contributed by atoms with Crippen LogP contribution in [0.2, 0.25) is 0 Å². The average Bonchev–Trinajstić information content (AvgIpc) is 3.69. The molecule has 0 radical (unpaired) electrons. The molecule has 2 aliphatic carbocycles. The first kappa shape index (κ1) is 21.2. The highest BCUT2D eigenvalue weighted by atomic mass is 16.6. The summed E-state index contributed by atoms with van der Waals surface area (Å²) in [5, 5.41) is 0. The molecule has 0 amide bonds. The van der Waals surface area contributed by atoms with Crippen molar-refractivity contribution in [2.45, 2.75) is 69.8 Å². The van der Waals surface area contributed by atoms with E-state index in [-0.39, 0.29) is 0 Å². The Bertz CT molecular complexity index is 976. The van der Waals surface area contributed by atoms with E-state index in [2.05, 4.69) is 72.8 Å². The summed E-state index contributed by atoms with van der Waals surface area (Å²) in [4.78, 5) is 0. The topological polar surface area (TPSA) is 12.5 Å². The van der Waals surface area contributed by atoms with Gasteiger partial charge in [0.15, 0.2) is 0 Å². The van der Waals surface area contributed by atoms with Crippen molar-refractivity contribution in [3.63, 3.8) is 0 Å². The van der Waals surface area contributed by atoms with Gasteiger partial charge in [-0.1, -0.05) is 85.6 Å². The van der Waals surface area contributed by atoms with E-state index in [1.165, 1.54) is 78.3 Å². The van der Waals surface area contributed by atoms with Crippen molar-refractivity contribution < 1.29 is 4.74 Å². The highest BCUT2D eigenvalue weighted by molar-refractivity contribution is 5.45. The Morgan fingerprint density at radius 1 is 0.576 bits per heavy atom. The zero-order chi connectivity index (χ0) is 22.0. The normalized spacial score (nSPS) is 20.5. The van der Waals surface area contributed by atoms with Crippen LogP contribution in [-0.2, 0) is 24.0 Å². The quantitative estimate of drug-likeness (QED) is 0.224. The first-order valence-electron chi connectivity index (χ1n) is 13.2. The third kappa shape index (κ3) is 5.76. The van der Waals surface area contributed by atoms with E-state index < -0.39 is 0 Å². The SMILES string of the molecule is c1cc(C(c2ccc(CCC3CO3)cc2)c2ccc(CC3CC3)cc2)ccc1CCC1CC1. The number of hydrogen-bond acceptors (Lipinski definition) is 1. The number of rotatable bonds is 11. The molecule has 1 nitrogen and oxygen atoms in total. The zero-order valence-corrected chi connectivity index (χ0v) is 19.7. The summed E-state index contributed by atoms with van der Waals surface area (Å²) in [6.07, 6.45) is 12.3. The second-order valence-corrected chi connectivity index (χ2v) is 10.8. The Labute approximate surface area is 199 Å². The largest absolute Gasteiger partial charge is 0.373 e. The van der Waals surface area contributed by atoms with Crippen LogP contribution in [0.5, 0.6) is 0 Å². The highest BCUT2D eigenvalue weighted by Crippen LogP contribution is 2.36. The summed E-state index contributed by atoms with van der Waals surface area (Å²) in [6.45, 7) is 0.952. The van der Waals surface area contributed by atoms with E-state index >= 15 is 0 Å². The fraction of sp³-hybridized carbons (Fsp3) is 0.438. The minimum absolute atomic E-state index is 0.290. The molecule has 33 heavy (non-hydrogen) atoms. The summed E-state index contributed by atoms with van der Waals surface area (Å²) in [7, 11) is 0. The fourth-order valence-corrected chi connectivity index (χ4v) is 5.17. The summed E-state index contributed by atoms with van der Waals surface area (Å²) in [5.74, 6) is 2.22. The number of hydrogen-bond donors (Lipinski definition) is 0. The van der Waals surface area contributed by atoms with Gasteiger partial charge in [-0.2, -0.15) is 0 Å². The van der Waals surface area contributed by atoms with Crippen LogP contribution in [0.4, 0.5) is 0 Å². The van der Waals surface area contributed by atoms with Crippen LogP contribution in [0.15, 0.2) is 72.8 Å². The molecule has 2 saturated carbocycles. The molecule has 6 rings (SSSR count). The zero-order valence-electron chi connectivity index (χ0n) is 19.7. The van der Waals surface area contributed by atoms with Crippen LogP contribution in [0, 0.1) is 11.8 Å². The summed E-state index contributed by atoms with van der Waals surface area (Å²) in [6, 6.07) is 28.4. The van der Waals surface area contributed by atoms with E-state index in [1.807, 2.05) is 0 Å². The molecule has 1 heteroatoms. The van der Waals surface area contributed by atoms with Crippen LogP contribution in [0.25, 0.3) is 0 Å². The van der Waals surface area contributed by atoms with E-state index in [0.717, 1.165) is 31.3 Å². The third-order valence-corrected chi connectivity index (χ3v) is 7.86. The van der Waals surface area contributed by atoms with Gasteiger partial charge in [-0.3, -0.25) is 0 Å². The van der Waals surface area contributed by atoms with Gasteiger partial charge in [-0.25, -0.2) is 0 Å². The molecule has 0 aromatic heterocycles. The molecule has 1 heterocycles. The Morgan fingerprint density at radius 2 is 1.03 bits per heavy atom. The predicted molar refractivity (Wildman–Crippen MR) is 136 cm³/mol.